The smallest absolute Gasteiger partial charge is 0.0895 e. The Balaban J connectivity index is 0.000000224. The van der Waals surface area contributed by atoms with Crippen LogP contribution in [-0.2, 0) is 0 Å². The summed E-state index contributed by atoms with van der Waals surface area (Å²) in [5, 5.41) is 0. The van der Waals surface area contributed by atoms with Gasteiger partial charge in [-0.25, -0.2) is 0 Å². The summed E-state index contributed by atoms with van der Waals surface area (Å²) in [5.74, 6) is 0. The molecule has 4 heteroatoms. The van der Waals surface area contributed by atoms with Crippen LogP contribution in [-0.4, -0.2) is 60.1 Å². The van der Waals surface area contributed by atoms with Gasteiger partial charge >= 0.3 is 0 Å². The van der Waals surface area contributed by atoms with Crippen LogP contribution in [0, 0.1) is 0 Å². The summed E-state index contributed by atoms with van der Waals surface area (Å²) in [5.41, 5.74) is 5.70. The zero-order chi connectivity index (χ0) is 16.9. The molecule has 0 aromatic heterocycles. The van der Waals surface area contributed by atoms with Crippen molar-refractivity contribution in [3.8, 4) is 0 Å². The van der Waals surface area contributed by atoms with Gasteiger partial charge in [-0.2, -0.15) is 0 Å². The molecule has 2 heterocycles. The lowest BCUT2D eigenvalue weighted by molar-refractivity contribution is 0.274. The van der Waals surface area contributed by atoms with Crippen molar-refractivity contribution in [3.05, 3.63) is 22.8 Å². The van der Waals surface area contributed by atoms with Gasteiger partial charge in [-0.1, -0.05) is 13.3 Å². The van der Waals surface area contributed by atoms with E-state index in [0.29, 0.717) is 0 Å². The Kier molecular flexibility index (Phi) is 7.11. The van der Waals surface area contributed by atoms with E-state index in [1.54, 1.807) is 0 Å². The van der Waals surface area contributed by atoms with E-state index in [4.69, 9.17) is 0 Å². The standard InChI is InChI=1S/C10H20N2.C8H16N2/c1-5-6-7-12-8-11(4)9(2)10(12)3;1-5-10-6-9(4)7(2)8(10)3/h5-8H2,1-4H3;5-6H2,1-4H3. The molecule has 0 saturated heterocycles. The van der Waals surface area contributed by atoms with Crippen LogP contribution in [0.5, 0.6) is 0 Å². The molecule has 0 saturated carbocycles. The van der Waals surface area contributed by atoms with E-state index in [1.807, 2.05) is 0 Å². The van der Waals surface area contributed by atoms with Gasteiger partial charge in [-0.3, -0.25) is 0 Å². The summed E-state index contributed by atoms with van der Waals surface area (Å²) in [4.78, 5) is 9.41. The van der Waals surface area contributed by atoms with E-state index in [-0.39, 0.29) is 0 Å². The van der Waals surface area contributed by atoms with Gasteiger partial charge in [0, 0.05) is 50.0 Å². The molecule has 0 N–H and O–H groups in total. The van der Waals surface area contributed by atoms with Gasteiger partial charge in [0.05, 0.1) is 13.3 Å². The molecular formula is C18H36N4. The van der Waals surface area contributed by atoms with Crippen molar-refractivity contribution in [2.75, 3.05) is 40.5 Å². The van der Waals surface area contributed by atoms with Gasteiger partial charge in [-0.05, 0) is 41.0 Å². The normalized spacial score (nSPS) is 18.5. The maximum absolute atomic E-state index is 2.46. The molecular weight excluding hydrogens is 272 g/mol. The van der Waals surface area contributed by atoms with Crippen LogP contribution in [0.2, 0.25) is 0 Å². The topological polar surface area (TPSA) is 13.0 Å². The highest BCUT2D eigenvalue weighted by molar-refractivity contribution is 5.13. The van der Waals surface area contributed by atoms with Gasteiger partial charge in [0.1, 0.15) is 0 Å². The fourth-order valence-electron chi connectivity index (χ4n) is 2.87. The van der Waals surface area contributed by atoms with Crippen molar-refractivity contribution in [1.82, 2.24) is 19.6 Å². The van der Waals surface area contributed by atoms with E-state index in [9.17, 15) is 0 Å². The average Bonchev–Trinajstić information content (AvgIpc) is 2.90. The Hall–Kier alpha value is -1.32. The first-order valence-electron chi connectivity index (χ1n) is 8.60. The molecule has 4 nitrogen and oxygen atoms in total. The van der Waals surface area contributed by atoms with Crippen molar-refractivity contribution in [1.29, 1.82) is 0 Å². The molecule has 2 rings (SSSR count). The SMILES string of the molecule is CCCCN1CN(C)C(C)=C1C.CCN1CN(C)C(C)=C1C. The Morgan fingerprint density at radius 3 is 1.45 bits per heavy atom. The van der Waals surface area contributed by atoms with Crippen LogP contribution >= 0.6 is 0 Å². The third kappa shape index (κ3) is 4.34. The molecule has 0 bridgehead atoms. The molecule has 0 amide bonds. The van der Waals surface area contributed by atoms with Gasteiger partial charge in [0.25, 0.3) is 0 Å². The zero-order valence-corrected chi connectivity index (χ0v) is 16.0. The highest BCUT2D eigenvalue weighted by Crippen LogP contribution is 2.21. The number of unbranched alkanes of at least 4 members (excludes halogenated alkanes) is 1. The lowest BCUT2D eigenvalue weighted by Crippen LogP contribution is -2.25. The summed E-state index contributed by atoms with van der Waals surface area (Å²) < 4.78 is 0. The summed E-state index contributed by atoms with van der Waals surface area (Å²) in [6.45, 7) is 17.7. The van der Waals surface area contributed by atoms with Crippen molar-refractivity contribution in [2.45, 2.75) is 54.4 Å². The molecule has 0 aromatic rings. The van der Waals surface area contributed by atoms with E-state index in [0.717, 1.165) is 19.9 Å². The first kappa shape index (κ1) is 18.7. The molecule has 128 valence electrons. The number of nitrogens with zero attached hydrogens (tertiary/aromatic N) is 4. The predicted molar refractivity (Wildman–Crippen MR) is 96.0 cm³/mol. The number of allylic oxidation sites excluding steroid dienone is 4. The van der Waals surface area contributed by atoms with E-state index in [2.05, 4.69) is 75.2 Å². The first-order valence-corrected chi connectivity index (χ1v) is 8.60. The zero-order valence-electron chi connectivity index (χ0n) is 16.0. The predicted octanol–water partition coefficient (Wildman–Crippen LogP) is 3.71. The maximum Gasteiger partial charge on any atom is 0.0895 e. The van der Waals surface area contributed by atoms with Crippen LogP contribution in [0.4, 0.5) is 0 Å². The first-order chi connectivity index (χ1) is 10.3. The monoisotopic (exact) mass is 308 g/mol. The fourth-order valence-corrected chi connectivity index (χ4v) is 2.87. The van der Waals surface area contributed by atoms with Crippen molar-refractivity contribution < 1.29 is 0 Å². The van der Waals surface area contributed by atoms with Gasteiger partial charge in [0.2, 0.25) is 0 Å². The van der Waals surface area contributed by atoms with Crippen molar-refractivity contribution in [3.63, 3.8) is 0 Å². The molecule has 0 aromatic carbocycles. The minimum absolute atomic E-state index is 1.06. The van der Waals surface area contributed by atoms with Gasteiger partial charge in [-0.15, -0.1) is 0 Å². The lowest BCUT2D eigenvalue weighted by atomic mass is 10.3. The Morgan fingerprint density at radius 1 is 0.727 bits per heavy atom. The molecule has 0 atom stereocenters. The van der Waals surface area contributed by atoms with E-state index < -0.39 is 0 Å². The van der Waals surface area contributed by atoms with Crippen LogP contribution in [0.15, 0.2) is 22.8 Å². The van der Waals surface area contributed by atoms with Crippen LogP contribution in [0.3, 0.4) is 0 Å². The second-order valence-electron chi connectivity index (χ2n) is 6.49. The highest BCUT2D eigenvalue weighted by atomic mass is 15.4. The lowest BCUT2D eigenvalue weighted by Gasteiger charge is -2.20. The average molecular weight is 309 g/mol. The van der Waals surface area contributed by atoms with Gasteiger partial charge in [0.15, 0.2) is 0 Å². The fraction of sp³-hybridized carbons (Fsp3) is 0.778. The Morgan fingerprint density at radius 2 is 1.18 bits per heavy atom. The number of hydrogen-bond acceptors (Lipinski definition) is 4. The minimum Gasteiger partial charge on any atom is -0.359 e. The summed E-state index contributed by atoms with van der Waals surface area (Å²) in [6, 6.07) is 0. The molecule has 0 radical (unpaired) electrons. The Bertz CT molecular complexity index is 425. The van der Waals surface area contributed by atoms with Gasteiger partial charge < -0.3 is 19.6 Å². The molecule has 0 aliphatic carbocycles. The van der Waals surface area contributed by atoms with Crippen LogP contribution < -0.4 is 0 Å². The molecule has 0 spiro atoms. The second-order valence-corrected chi connectivity index (χ2v) is 6.49. The van der Waals surface area contributed by atoms with Crippen LogP contribution in [0.1, 0.15) is 54.4 Å². The van der Waals surface area contributed by atoms with Crippen LogP contribution in [0.25, 0.3) is 0 Å². The van der Waals surface area contributed by atoms with Crippen molar-refractivity contribution >= 4 is 0 Å². The third-order valence-corrected chi connectivity index (χ3v) is 5.07. The number of rotatable bonds is 4. The number of hydrogen-bond donors (Lipinski definition) is 0. The Labute approximate surface area is 138 Å². The van der Waals surface area contributed by atoms with E-state index in [1.165, 1.54) is 42.2 Å². The third-order valence-electron chi connectivity index (χ3n) is 5.07. The summed E-state index contributed by atoms with van der Waals surface area (Å²) >= 11 is 0. The molecule has 2 aliphatic heterocycles. The van der Waals surface area contributed by atoms with E-state index >= 15 is 0 Å². The molecule has 0 unspecified atom stereocenters. The molecule has 22 heavy (non-hydrogen) atoms. The quantitative estimate of drug-likeness (QED) is 0.785. The molecule has 0 fully saturated rings. The summed E-state index contributed by atoms with van der Waals surface area (Å²) in [7, 11) is 4.29. The summed E-state index contributed by atoms with van der Waals surface area (Å²) in [6.07, 6.45) is 2.59. The van der Waals surface area contributed by atoms with Crippen molar-refractivity contribution in [2.24, 2.45) is 0 Å². The largest absolute Gasteiger partial charge is 0.359 e. The highest BCUT2D eigenvalue weighted by Gasteiger charge is 2.19. The second kappa shape index (κ2) is 8.35. The molecule has 2 aliphatic rings. The minimum atomic E-state index is 1.06. The maximum atomic E-state index is 2.46.